The Balaban J connectivity index is 2.43. The summed E-state index contributed by atoms with van der Waals surface area (Å²) in [5.74, 6) is 1.64. The second kappa shape index (κ2) is 5.96. The van der Waals surface area contributed by atoms with Gasteiger partial charge in [0.25, 0.3) is 0 Å². The van der Waals surface area contributed by atoms with Gasteiger partial charge in [0, 0.05) is 12.0 Å². The van der Waals surface area contributed by atoms with Gasteiger partial charge < -0.3 is 9.52 Å². The summed E-state index contributed by atoms with van der Waals surface area (Å²) < 4.78 is 5.30. The van der Waals surface area contributed by atoms with Gasteiger partial charge in [-0.25, -0.2) is 0 Å². The molecule has 0 aliphatic carbocycles. The van der Waals surface area contributed by atoms with Gasteiger partial charge in [-0.1, -0.05) is 33.6 Å². The summed E-state index contributed by atoms with van der Waals surface area (Å²) in [6.45, 7) is 6.46. The summed E-state index contributed by atoms with van der Waals surface area (Å²) >= 11 is 0. The van der Waals surface area contributed by atoms with Gasteiger partial charge in [-0.2, -0.15) is 0 Å². The molecule has 2 heteroatoms. The summed E-state index contributed by atoms with van der Waals surface area (Å²) in [7, 11) is 0. The lowest BCUT2D eigenvalue weighted by atomic mass is 10.00. The SMILES string of the molecule is CCc1occc1C(O)CCCC(C)C. The van der Waals surface area contributed by atoms with Gasteiger partial charge in [0.1, 0.15) is 5.76 Å². The van der Waals surface area contributed by atoms with Crippen molar-refractivity contribution in [1.29, 1.82) is 0 Å². The lowest BCUT2D eigenvalue weighted by Gasteiger charge is -2.11. The lowest BCUT2D eigenvalue weighted by molar-refractivity contribution is 0.159. The molecule has 1 aromatic heterocycles. The van der Waals surface area contributed by atoms with E-state index in [1.54, 1.807) is 6.26 Å². The Kier molecular flexibility index (Phi) is 4.89. The van der Waals surface area contributed by atoms with Gasteiger partial charge in [-0.05, 0) is 18.4 Å². The van der Waals surface area contributed by atoms with Crippen molar-refractivity contribution in [2.45, 2.75) is 52.6 Å². The standard InChI is InChI=1S/C13H22O2/c1-4-13-11(8-9-15-13)12(14)7-5-6-10(2)3/h8-10,12,14H,4-7H2,1-3H3. The van der Waals surface area contributed by atoms with Crippen LogP contribution in [0.3, 0.4) is 0 Å². The number of furan rings is 1. The third-order valence-corrected chi connectivity index (χ3v) is 2.72. The maximum absolute atomic E-state index is 9.97. The number of aliphatic hydroxyl groups is 1. The van der Waals surface area contributed by atoms with E-state index < -0.39 is 0 Å². The Morgan fingerprint density at radius 3 is 2.67 bits per heavy atom. The largest absolute Gasteiger partial charge is 0.469 e. The summed E-state index contributed by atoms with van der Waals surface area (Å²) in [6.07, 6.45) is 5.26. The van der Waals surface area contributed by atoms with Crippen molar-refractivity contribution in [3.05, 3.63) is 23.7 Å². The van der Waals surface area contributed by atoms with Crippen LogP contribution in [0.1, 0.15) is 57.5 Å². The number of hydrogen-bond donors (Lipinski definition) is 1. The summed E-state index contributed by atoms with van der Waals surface area (Å²) in [5.41, 5.74) is 0.973. The smallest absolute Gasteiger partial charge is 0.109 e. The molecular formula is C13H22O2. The zero-order chi connectivity index (χ0) is 11.3. The highest BCUT2D eigenvalue weighted by atomic mass is 16.3. The van der Waals surface area contributed by atoms with E-state index in [4.69, 9.17) is 4.42 Å². The van der Waals surface area contributed by atoms with E-state index in [0.29, 0.717) is 5.92 Å². The predicted octanol–water partition coefficient (Wildman–Crippen LogP) is 3.70. The van der Waals surface area contributed by atoms with Crippen molar-refractivity contribution in [3.8, 4) is 0 Å². The van der Waals surface area contributed by atoms with Crippen molar-refractivity contribution in [3.63, 3.8) is 0 Å². The Morgan fingerprint density at radius 1 is 1.33 bits per heavy atom. The van der Waals surface area contributed by atoms with Gasteiger partial charge in [-0.3, -0.25) is 0 Å². The molecule has 0 fully saturated rings. The molecule has 0 saturated heterocycles. The van der Waals surface area contributed by atoms with Gasteiger partial charge >= 0.3 is 0 Å². The normalized spacial score (nSPS) is 13.4. The molecule has 2 nitrogen and oxygen atoms in total. The van der Waals surface area contributed by atoms with E-state index in [1.165, 1.54) is 6.42 Å². The maximum atomic E-state index is 9.97. The van der Waals surface area contributed by atoms with E-state index in [2.05, 4.69) is 13.8 Å². The first-order valence-electron chi connectivity index (χ1n) is 5.89. The Bertz CT molecular complexity index is 276. The number of hydrogen-bond acceptors (Lipinski definition) is 2. The highest BCUT2D eigenvalue weighted by Crippen LogP contribution is 2.24. The first-order chi connectivity index (χ1) is 7.15. The maximum Gasteiger partial charge on any atom is 0.109 e. The van der Waals surface area contributed by atoms with Crippen LogP contribution in [0.15, 0.2) is 16.7 Å². The first kappa shape index (κ1) is 12.3. The topological polar surface area (TPSA) is 33.4 Å². The minimum absolute atomic E-state index is 0.350. The molecular weight excluding hydrogens is 188 g/mol. The van der Waals surface area contributed by atoms with Gasteiger partial charge in [0.05, 0.1) is 12.4 Å². The number of aryl methyl sites for hydroxylation is 1. The monoisotopic (exact) mass is 210 g/mol. The van der Waals surface area contributed by atoms with Crippen LogP contribution in [0.4, 0.5) is 0 Å². The second-order valence-corrected chi connectivity index (χ2v) is 4.49. The fourth-order valence-corrected chi connectivity index (χ4v) is 1.81. The molecule has 86 valence electrons. The summed E-state index contributed by atoms with van der Waals surface area (Å²) in [4.78, 5) is 0. The Hall–Kier alpha value is -0.760. The molecule has 1 aromatic rings. The van der Waals surface area contributed by atoms with Crippen LogP contribution < -0.4 is 0 Å². The van der Waals surface area contributed by atoms with Crippen LogP contribution in [-0.2, 0) is 6.42 Å². The Labute approximate surface area is 92.3 Å². The van der Waals surface area contributed by atoms with E-state index in [1.807, 2.05) is 13.0 Å². The van der Waals surface area contributed by atoms with Gasteiger partial charge in [-0.15, -0.1) is 0 Å². The van der Waals surface area contributed by atoms with E-state index in [0.717, 1.165) is 30.6 Å². The number of rotatable bonds is 6. The zero-order valence-electron chi connectivity index (χ0n) is 9.99. The molecule has 1 atom stereocenters. The lowest BCUT2D eigenvalue weighted by Crippen LogP contribution is -2.00. The molecule has 0 aromatic carbocycles. The van der Waals surface area contributed by atoms with E-state index in [-0.39, 0.29) is 6.10 Å². The highest BCUT2D eigenvalue weighted by Gasteiger charge is 2.13. The third-order valence-electron chi connectivity index (χ3n) is 2.72. The van der Waals surface area contributed by atoms with Crippen LogP contribution in [0.5, 0.6) is 0 Å². The molecule has 1 N–H and O–H groups in total. The first-order valence-corrected chi connectivity index (χ1v) is 5.89. The van der Waals surface area contributed by atoms with Crippen molar-refractivity contribution in [2.24, 2.45) is 5.92 Å². The molecule has 0 aliphatic heterocycles. The molecule has 0 saturated carbocycles. The second-order valence-electron chi connectivity index (χ2n) is 4.49. The molecule has 1 rings (SSSR count). The summed E-state index contributed by atoms with van der Waals surface area (Å²) in [5, 5.41) is 9.97. The van der Waals surface area contributed by atoms with Crippen molar-refractivity contribution in [1.82, 2.24) is 0 Å². The van der Waals surface area contributed by atoms with Gasteiger partial charge in [0.15, 0.2) is 0 Å². The molecule has 1 heterocycles. The molecule has 0 aliphatic rings. The zero-order valence-corrected chi connectivity index (χ0v) is 9.99. The Morgan fingerprint density at radius 2 is 2.07 bits per heavy atom. The van der Waals surface area contributed by atoms with E-state index >= 15 is 0 Å². The molecule has 0 bridgehead atoms. The summed E-state index contributed by atoms with van der Waals surface area (Å²) in [6, 6.07) is 1.89. The quantitative estimate of drug-likeness (QED) is 0.776. The molecule has 15 heavy (non-hydrogen) atoms. The fourth-order valence-electron chi connectivity index (χ4n) is 1.81. The highest BCUT2D eigenvalue weighted by molar-refractivity contribution is 5.19. The number of aliphatic hydroxyl groups excluding tert-OH is 1. The van der Waals surface area contributed by atoms with Crippen molar-refractivity contribution in [2.75, 3.05) is 0 Å². The molecule has 0 radical (unpaired) electrons. The van der Waals surface area contributed by atoms with Crippen molar-refractivity contribution >= 4 is 0 Å². The fraction of sp³-hybridized carbons (Fsp3) is 0.692. The van der Waals surface area contributed by atoms with E-state index in [9.17, 15) is 5.11 Å². The van der Waals surface area contributed by atoms with Gasteiger partial charge in [0.2, 0.25) is 0 Å². The van der Waals surface area contributed by atoms with Crippen molar-refractivity contribution < 1.29 is 9.52 Å². The minimum atomic E-state index is -0.350. The van der Waals surface area contributed by atoms with Crippen LogP contribution in [0, 0.1) is 5.92 Å². The van der Waals surface area contributed by atoms with Crippen LogP contribution >= 0.6 is 0 Å². The molecule has 0 amide bonds. The average molecular weight is 210 g/mol. The predicted molar refractivity (Wildman–Crippen MR) is 61.7 cm³/mol. The molecule has 0 spiro atoms. The van der Waals surface area contributed by atoms with Crippen LogP contribution in [-0.4, -0.2) is 5.11 Å². The van der Waals surface area contributed by atoms with Crippen LogP contribution in [0.2, 0.25) is 0 Å². The average Bonchev–Trinajstić information content (AvgIpc) is 2.64. The third kappa shape index (κ3) is 3.71. The van der Waals surface area contributed by atoms with Crippen LogP contribution in [0.25, 0.3) is 0 Å². The molecule has 1 unspecified atom stereocenters. The minimum Gasteiger partial charge on any atom is -0.469 e.